The Morgan fingerprint density at radius 2 is 1.74 bits per heavy atom. The Bertz CT molecular complexity index is 951. The van der Waals surface area contributed by atoms with Crippen molar-refractivity contribution in [3.05, 3.63) is 65.0 Å². The van der Waals surface area contributed by atoms with Crippen molar-refractivity contribution in [3.8, 4) is 0 Å². The lowest BCUT2D eigenvalue weighted by molar-refractivity contribution is 0.0923. The van der Waals surface area contributed by atoms with E-state index in [-0.39, 0.29) is 29.9 Å². The van der Waals surface area contributed by atoms with Gasteiger partial charge in [0.25, 0.3) is 5.91 Å². The molecule has 1 aliphatic rings. The van der Waals surface area contributed by atoms with Crippen LogP contribution >= 0.6 is 0 Å². The van der Waals surface area contributed by atoms with Gasteiger partial charge < -0.3 is 5.32 Å². The molecule has 0 radical (unpaired) electrons. The Kier molecular flexibility index (Phi) is 5.62. The van der Waals surface area contributed by atoms with Gasteiger partial charge in [0.1, 0.15) is 5.82 Å². The molecule has 1 fully saturated rings. The normalized spacial score (nSPS) is 16.3. The number of aryl methyl sites for hydroxylation is 2. The highest BCUT2D eigenvalue weighted by atomic mass is 32.2. The van der Waals surface area contributed by atoms with E-state index in [0.717, 1.165) is 11.6 Å². The van der Waals surface area contributed by atoms with Crippen LogP contribution in [-0.2, 0) is 10.0 Å². The molecule has 1 aliphatic heterocycles. The number of piperidine rings is 1. The first kappa shape index (κ1) is 19.5. The van der Waals surface area contributed by atoms with E-state index in [1.54, 1.807) is 13.0 Å². The average molecular weight is 390 g/mol. The van der Waals surface area contributed by atoms with Crippen molar-refractivity contribution >= 4 is 15.9 Å². The third kappa shape index (κ3) is 4.20. The molecule has 1 heterocycles. The van der Waals surface area contributed by atoms with E-state index in [1.807, 2.05) is 25.1 Å². The van der Waals surface area contributed by atoms with Gasteiger partial charge in [-0.2, -0.15) is 4.31 Å². The zero-order valence-electron chi connectivity index (χ0n) is 15.4. The Balaban J connectivity index is 1.66. The lowest BCUT2D eigenvalue weighted by Gasteiger charge is -2.32. The van der Waals surface area contributed by atoms with Gasteiger partial charge in [0.05, 0.1) is 4.90 Å². The first-order valence-corrected chi connectivity index (χ1v) is 10.4. The molecule has 3 rings (SSSR count). The molecule has 0 saturated carbocycles. The molecule has 0 unspecified atom stereocenters. The molecule has 1 N–H and O–H groups in total. The fourth-order valence-corrected chi connectivity index (χ4v) is 5.03. The lowest BCUT2D eigenvalue weighted by Crippen LogP contribution is -2.46. The molecule has 7 heteroatoms. The van der Waals surface area contributed by atoms with Crippen LogP contribution in [0, 0.1) is 19.7 Å². The molecule has 1 saturated heterocycles. The number of carbonyl (C=O) groups is 1. The molecular weight excluding hydrogens is 367 g/mol. The van der Waals surface area contributed by atoms with Gasteiger partial charge >= 0.3 is 0 Å². The third-order valence-corrected chi connectivity index (χ3v) is 6.99. The molecule has 2 aromatic carbocycles. The van der Waals surface area contributed by atoms with Crippen LogP contribution < -0.4 is 5.32 Å². The molecule has 0 atom stereocenters. The summed E-state index contributed by atoms with van der Waals surface area (Å²) in [6, 6.07) is 11.1. The molecule has 1 amide bonds. The van der Waals surface area contributed by atoms with Crippen molar-refractivity contribution in [1.82, 2.24) is 9.62 Å². The van der Waals surface area contributed by atoms with Crippen molar-refractivity contribution < 1.29 is 17.6 Å². The minimum Gasteiger partial charge on any atom is -0.349 e. The van der Waals surface area contributed by atoms with E-state index < -0.39 is 15.8 Å². The summed E-state index contributed by atoms with van der Waals surface area (Å²) in [4.78, 5) is 12.4. The number of halogens is 1. The van der Waals surface area contributed by atoms with Crippen LogP contribution in [0.3, 0.4) is 0 Å². The van der Waals surface area contributed by atoms with Gasteiger partial charge in [-0.15, -0.1) is 0 Å². The van der Waals surface area contributed by atoms with E-state index >= 15 is 0 Å². The third-order valence-electron chi connectivity index (χ3n) is 4.95. The standard InChI is InChI=1S/C20H23FN2O3S/c1-14-5-3-4-6-18(14)20(24)22-17-9-11-23(12-10-17)27(25,26)19-13-16(21)8-7-15(19)2/h3-8,13,17H,9-12H2,1-2H3,(H,22,24). The summed E-state index contributed by atoms with van der Waals surface area (Å²) in [6.45, 7) is 4.11. The topological polar surface area (TPSA) is 66.5 Å². The zero-order chi connectivity index (χ0) is 19.6. The van der Waals surface area contributed by atoms with E-state index in [9.17, 15) is 17.6 Å². The van der Waals surface area contributed by atoms with Crippen molar-refractivity contribution in [2.24, 2.45) is 0 Å². The second kappa shape index (κ2) is 7.78. The molecular formula is C20H23FN2O3S. The number of hydrogen-bond acceptors (Lipinski definition) is 3. The van der Waals surface area contributed by atoms with Gasteiger partial charge in [-0.3, -0.25) is 4.79 Å². The minimum absolute atomic E-state index is 0.00453. The van der Waals surface area contributed by atoms with Crippen LogP contribution in [-0.4, -0.2) is 37.8 Å². The summed E-state index contributed by atoms with van der Waals surface area (Å²) < 4.78 is 40.5. The second-order valence-corrected chi connectivity index (χ2v) is 8.78. The Labute approximate surface area is 159 Å². The van der Waals surface area contributed by atoms with E-state index in [4.69, 9.17) is 0 Å². The van der Waals surface area contributed by atoms with Gasteiger partial charge in [0.15, 0.2) is 0 Å². The number of hydrogen-bond donors (Lipinski definition) is 1. The largest absolute Gasteiger partial charge is 0.349 e. The SMILES string of the molecule is Cc1ccccc1C(=O)NC1CCN(S(=O)(=O)c2cc(F)ccc2C)CC1. The summed E-state index contributed by atoms with van der Waals surface area (Å²) in [5.41, 5.74) is 2.05. The van der Waals surface area contributed by atoms with Crippen molar-refractivity contribution in [3.63, 3.8) is 0 Å². The maximum absolute atomic E-state index is 13.5. The van der Waals surface area contributed by atoms with Gasteiger partial charge in [-0.25, -0.2) is 12.8 Å². The second-order valence-electron chi connectivity index (χ2n) is 6.88. The number of sulfonamides is 1. The zero-order valence-corrected chi connectivity index (χ0v) is 16.2. The number of nitrogens with one attached hydrogen (secondary N) is 1. The number of nitrogens with zero attached hydrogens (tertiary/aromatic N) is 1. The maximum atomic E-state index is 13.5. The number of rotatable bonds is 4. The molecule has 0 spiro atoms. The number of amides is 1. The highest BCUT2D eigenvalue weighted by Crippen LogP contribution is 2.24. The smallest absolute Gasteiger partial charge is 0.251 e. The first-order valence-electron chi connectivity index (χ1n) is 8.92. The Hall–Kier alpha value is -2.25. The van der Waals surface area contributed by atoms with Crippen LogP contribution in [0.25, 0.3) is 0 Å². The van der Waals surface area contributed by atoms with Crippen LogP contribution in [0.15, 0.2) is 47.4 Å². The van der Waals surface area contributed by atoms with Crippen molar-refractivity contribution in [2.45, 2.75) is 37.6 Å². The molecule has 144 valence electrons. The van der Waals surface area contributed by atoms with Gasteiger partial charge in [-0.1, -0.05) is 24.3 Å². The molecule has 27 heavy (non-hydrogen) atoms. The van der Waals surface area contributed by atoms with E-state index in [2.05, 4.69) is 5.32 Å². The van der Waals surface area contributed by atoms with Gasteiger partial charge in [0.2, 0.25) is 10.0 Å². The Morgan fingerprint density at radius 3 is 2.41 bits per heavy atom. The summed E-state index contributed by atoms with van der Waals surface area (Å²) in [5.74, 6) is -0.713. The predicted octanol–water partition coefficient (Wildman–Crippen LogP) is 3.03. The molecule has 0 aromatic heterocycles. The first-order chi connectivity index (χ1) is 12.8. The van der Waals surface area contributed by atoms with Gasteiger partial charge in [0, 0.05) is 24.7 Å². The Morgan fingerprint density at radius 1 is 1.07 bits per heavy atom. The van der Waals surface area contributed by atoms with Crippen LogP contribution in [0.2, 0.25) is 0 Å². The quantitative estimate of drug-likeness (QED) is 0.873. The number of benzene rings is 2. The van der Waals surface area contributed by atoms with Crippen molar-refractivity contribution in [2.75, 3.05) is 13.1 Å². The van der Waals surface area contributed by atoms with Crippen molar-refractivity contribution in [1.29, 1.82) is 0 Å². The highest BCUT2D eigenvalue weighted by Gasteiger charge is 2.31. The van der Waals surface area contributed by atoms with E-state index in [0.29, 0.717) is 24.0 Å². The van der Waals surface area contributed by atoms with Crippen LogP contribution in [0.1, 0.15) is 34.3 Å². The fraction of sp³-hybridized carbons (Fsp3) is 0.350. The number of carbonyl (C=O) groups excluding carboxylic acids is 1. The average Bonchev–Trinajstić information content (AvgIpc) is 2.64. The fourth-order valence-electron chi connectivity index (χ4n) is 3.32. The minimum atomic E-state index is -3.75. The predicted molar refractivity (Wildman–Crippen MR) is 102 cm³/mol. The van der Waals surface area contributed by atoms with Crippen LogP contribution in [0.4, 0.5) is 4.39 Å². The maximum Gasteiger partial charge on any atom is 0.251 e. The molecule has 0 bridgehead atoms. The molecule has 5 nitrogen and oxygen atoms in total. The van der Waals surface area contributed by atoms with Crippen LogP contribution in [0.5, 0.6) is 0 Å². The summed E-state index contributed by atoms with van der Waals surface area (Å²) >= 11 is 0. The molecule has 2 aromatic rings. The highest BCUT2D eigenvalue weighted by molar-refractivity contribution is 7.89. The summed E-state index contributed by atoms with van der Waals surface area (Å²) in [7, 11) is -3.75. The van der Waals surface area contributed by atoms with E-state index in [1.165, 1.54) is 16.4 Å². The van der Waals surface area contributed by atoms with Gasteiger partial charge in [-0.05, 0) is 56.0 Å². The summed E-state index contributed by atoms with van der Waals surface area (Å²) in [6.07, 6.45) is 1.04. The summed E-state index contributed by atoms with van der Waals surface area (Å²) in [5, 5.41) is 2.99. The molecule has 0 aliphatic carbocycles. The monoisotopic (exact) mass is 390 g/mol. The lowest BCUT2D eigenvalue weighted by atomic mass is 10.0.